The SMILES string of the molecule is CCCc1c(OCCCn2ccc3c(OC(C)(C)C(=O)OC(C)(C)C)cccc32)ccc2c(C(F)(F)F)noc12. The zero-order chi connectivity index (χ0) is 29.3. The first-order chi connectivity index (χ1) is 18.7. The Kier molecular flexibility index (Phi) is 8.10. The van der Waals surface area contributed by atoms with Crippen molar-refractivity contribution in [2.24, 2.45) is 0 Å². The first-order valence-corrected chi connectivity index (χ1v) is 13.3. The smallest absolute Gasteiger partial charge is 0.437 e. The van der Waals surface area contributed by atoms with Crippen LogP contribution in [0.5, 0.6) is 11.5 Å². The fraction of sp³-hybridized carbons (Fsp3) is 0.467. The Hall–Kier alpha value is -3.69. The van der Waals surface area contributed by atoms with Gasteiger partial charge in [0.25, 0.3) is 0 Å². The second-order valence-corrected chi connectivity index (χ2v) is 11.2. The summed E-state index contributed by atoms with van der Waals surface area (Å²) >= 11 is 0. The van der Waals surface area contributed by atoms with Gasteiger partial charge in [0.05, 0.1) is 17.5 Å². The summed E-state index contributed by atoms with van der Waals surface area (Å²) < 4.78 is 64.6. The van der Waals surface area contributed by atoms with Crippen LogP contribution in [0.4, 0.5) is 13.2 Å². The van der Waals surface area contributed by atoms with Gasteiger partial charge in [-0.15, -0.1) is 0 Å². The minimum absolute atomic E-state index is 0.0602. The number of aryl methyl sites for hydroxylation is 2. The van der Waals surface area contributed by atoms with E-state index in [1.807, 2.05) is 58.2 Å². The molecule has 0 unspecified atom stereocenters. The molecule has 216 valence electrons. The minimum atomic E-state index is -4.59. The summed E-state index contributed by atoms with van der Waals surface area (Å²) in [4.78, 5) is 12.7. The van der Waals surface area contributed by atoms with Crippen LogP contribution in [0.2, 0.25) is 0 Å². The van der Waals surface area contributed by atoms with Gasteiger partial charge in [-0.2, -0.15) is 13.2 Å². The molecular formula is C30H35F3N2O5. The Morgan fingerprint density at radius 2 is 1.75 bits per heavy atom. The molecule has 0 bridgehead atoms. The zero-order valence-corrected chi connectivity index (χ0v) is 23.6. The molecule has 0 saturated carbocycles. The molecule has 2 aromatic carbocycles. The number of fused-ring (bicyclic) bond motifs is 2. The van der Waals surface area contributed by atoms with E-state index in [-0.39, 0.29) is 11.0 Å². The number of rotatable bonds is 10. The molecule has 0 aliphatic rings. The van der Waals surface area contributed by atoms with Crippen molar-refractivity contribution in [3.63, 3.8) is 0 Å². The Bertz CT molecular complexity index is 1500. The summed E-state index contributed by atoms with van der Waals surface area (Å²) in [5.41, 5.74) is -1.19. The van der Waals surface area contributed by atoms with Crippen LogP contribution < -0.4 is 9.47 Å². The van der Waals surface area contributed by atoms with Crippen molar-refractivity contribution >= 4 is 27.8 Å². The van der Waals surface area contributed by atoms with Crippen LogP contribution in [-0.4, -0.2) is 33.5 Å². The van der Waals surface area contributed by atoms with E-state index < -0.39 is 29.0 Å². The predicted octanol–water partition coefficient (Wildman–Crippen LogP) is 7.72. The Morgan fingerprint density at radius 1 is 1.00 bits per heavy atom. The number of esters is 1. The van der Waals surface area contributed by atoms with Gasteiger partial charge < -0.3 is 23.3 Å². The van der Waals surface area contributed by atoms with Gasteiger partial charge in [0.1, 0.15) is 17.1 Å². The first-order valence-electron chi connectivity index (χ1n) is 13.3. The van der Waals surface area contributed by atoms with E-state index in [2.05, 4.69) is 9.72 Å². The number of hydrogen-bond donors (Lipinski definition) is 0. The topological polar surface area (TPSA) is 75.7 Å². The van der Waals surface area contributed by atoms with E-state index in [1.165, 1.54) is 6.07 Å². The van der Waals surface area contributed by atoms with Gasteiger partial charge >= 0.3 is 12.1 Å². The lowest BCUT2D eigenvalue weighted by Gasteiger charge is -2.29. The molecule has 0 amide bonds. The standard InChI is InChI=1S/C30H35F3N2O5/c1-7-10-20-23(14-13-21-25(20)40-34-26(21)30(31,32)33)37-18-9-16-35-17-15-19-22(35)11-8-12-24(19)38-29(5,6)27(36)39-28(2,3)4/h8,11-15,17H,7,9-10,16,18H2,1-6H3. The quantitative estimate of drug-likeness (QED) is 0.146. The fourth-order valence-electron chi connectivity index (χ4n) is 4.48. The van der Waals surface area contributed by atoms with E-state index >= 15 is 0 Å². The number of hydrogen-bond acceptors (Lipinski definition) is 6. The van der Waals surface area contributed by atoms with Gasteiger partial charge in [-0.05, 0) is 77.8 Å². The van der Waals surface area contributed by atoms with Crippen molar-refractivity contribution < 1.29 is 36.7 Å². The molecule has 4 rings (SSSR count). The van der Waals surface area contributed by atoms with Crippen LogP contribution in [-0.2, 0) is 28.7 Å². The van der Waals surface area contributed by atoms with Crippen LogP contribution in [0.1, 0.15) is 65.6 Å². The molecule has 40 heavy (non-hydrogen) atoms. The van der Waals surface area contributed by atoms with Crippen molar-refractivity contribution in [3.05, 3.63) is 53.9 Å². The van der Waals surface area contributed by atoms with Crippen molar-refractivity contribution in [3.8, 4) is 11.5 Å². The monoisotopic (exact) mass is 560 g/mol. The second-order valence-electron chi connectivity index (χ2n) is 11.2. The molecule has 0 aliphatic carbocycles. The summed E-state index contributed by atoms with van der Waals surface area (Å²) in [6, 6.07) is 10.5. The highest BCUT2D eigenvalue weighted by Crippen LogP contribution is 2.38. The maximum Gasteiger partial charge on any atom is 0.437 e. The Balaban J connectivity index is 1.44. The maximum absolute atomic E-state index is 13.3. The molecule has 0 atom stereocenters. The molecule has 0 spiro atoms. The largest absolute Gasteiger partial charge is 0.493 e. The van der Waals surface area contributed by atoms with Crippen molar-refractivity contribution in [2.75, 3.05) is 6.61 Å². The van der Waals surface area contributed by atoms with E-state index in [4.69, 9.17) is 18.7 Å². The molecule has 0 aliphatic heterocycles. The second kappa shape index (κ2) is 11.1. The van der Waals surface area contributed by atoms with Gasteiger partial charge in [-0.25, -0.2) is 4.79 Å². The molecule has 7 nitrogen and oxygen atoms in total. The van der Waals surface area contributed by atoms with E-state index in [0.29, 0.717) is 49.5 Å². The summed E-state index contributed by atoms with van der Waals surface area (Å²) in [5, 5.41) is 4.07. The number of aromatic nitrogens is 2. The lowest BCUT2D eigenvalue weighted by molar-refractivity contribution is -0.170. The molecule has 2 heterocycles. The molecule has 0 fully saturated rings. The Labute approximate surface area is 231 Å². The Morgan fingerprint density at radius 3 is 2.42 bits per heavy atom. The fourth-order valence-corrected chi connectivity index (χ4v) is 4.48. The van der Waals surface area contributed by atoms with E-state index in [1.54, 1.807) is 19.9 Å². The molecule has 4 aromatic rings. The number of alkyl halides is 3. The number of nitrogens with zero attached hydrogens (tertiary/aromatic N) is 2. The third kappa shape index (κ3) is 6.37. The number of ether oxygens (including phenoxy) is 3. The van der Waals surface area contributed by atoms with Crippen LogP contribution >= 0.6 is 0 Å². The normalized spacial score (nSPS) is 12.7. The van der Waals surface area contributed by atoms with Crippen molar-refractivity contribution in [1.29, 1.82) is 0 Å². The average molecular weight is 561 g/mol. The summed E-state index contributed by atoms with van der Waals surface area (Å²) in [6.45, 7) is 11.7. The average Bonchev–Trinajstić information content (AvgIpc) is 3.47. The van der Waals surface area contributed by atoms with Crippen molar-refractivity contribution in [1.82, 2.24) is 9.72 Å². The molecule has 0 saturated heterocycles. The number of benzene rings is 2. The molecule has 0 radical (unpaired) electrons. The zero-order valence-electron chi connectivity index (χ0n) is 23.6. The number of halogens is 3. The third-order valence-electron chi connectivity index (χ3n) is 6.30. The number of carbonyl (C=O) groups is 1. The minimum Gasteiger partial charge on any atom is -0.493 e. The van der Waals surface area contributed by atoms with Crippen LogP contribution in [0.25, 0.3) is 21.9 Å². The maximum atomic E-state index is 13.3. The van der Waals surface area contributed by atoms with Gasteiger partial charge in [0.2, 0.25) is 0 Å². The number of carbonyl (C=O) groups excluding carboxylic acids is 1. The predicted molar refractivity (Wildman–Crippen MR) is 146 cm³/mol. The summed E-state index contributed by atoms with van der Waals surface area (Å²) in [6.07, 6.45) is -0.787. The van der Waals surface area contributed by atoms with Gasteiger partial charge in [0.15, 0.2) is 16.9 Å². The van der Waals surface area contributed by atoms with Crippen LogP contribution in [0.3, 0.4) is 0 Å². The summed E-state index contributed by atoms with van der Waals surface area (Å²) in [5.74, 6) is 0.622. The van der Waals surface area contributed by atoms with Gasteiger partial charge in [-0.1, -0.05) is 24.6 Å². The molecular weight excluding hydrogens is 525 g/mol. The van der Waals surface area contributed by atoms with E-state index in [0.717, 1.165) is 10.9 Å². The lowest BCUT2D eigenvalue weighted by Crippen LogP contribution is -2.43. The highest BCUT2D eigenvalue weighted by Gasteiger charge is 2.38. The third-order valence-corrected chi connectivity index (χ3v) is 6.30. The molecule has 0 N–H and O–H groups in total. The highest BCUT2D eigenvalue weighted by atomic mass is 19.4. The van der Waals surface area contributed by atoms with Crippen LogP contribution in [0, 0.1) is 0 Å². The van der Waals surface area contributed by atoms with E-state index in [9.17, 15) is 18.0 Å². The van der Waals surface area contributed by atoms with Crippen LogP contribution in [0.15, 0.2) is 47.1 Å². The highest BCUT2D eigenvalue weighted by molar-refractivity contribution is 5.88. The van der Waals surface area contributed by atoms with Gasteiger partial charge in [0, 0.05) is 23.7 Å². The summed E-state index contributed by atoms with van der Waals surface area (Å²) in [7, 11) is 0. The molecule has 2 aromatic heterocycles. The van der Waals surface area contributed by atoms with Gasteiger partial charge in [-0.3, -0.25) is 0 Å². The molecule has 10 heteroatoms. The first kappa shape index (κ1) is 29.3. The lowest BCUT2D eigenvalue weighted by atomic mass is 10.0. The van der Waals surface area contributed by atoms with Crippen molar-refractivity contribution in [2.45, 2.75) is 84.7 Å².